The van der Waals surface area contributed by atoms with Crippen molar-refractivity contribution in [2.24, 2.45) is 0 Å². The molecule has 0 aliphatic carbocycles. The summed E-state index contributed by atoms with van der Waals surface area (Å²) in [4.78, 5) is 28.1. The monoisotopic (exact) mass is 436 g/mol. The van der Waals surface area contributed by atoms with Crippen molar-refractivity contribution in [2.45, 2.75) is 45.4 Å². The summed E-state index contributed by atoms with van der Waals surface area (Å²) in [5, 5.41) is 13.0. The van der Waals surface area contributed by atoms with Gasteiger partial charge in [0.1, 0.15) is 5.60 Å². The fourth-order valence-corrected chi connectivity index (χ4v) is 3.78. The van der Waals surface area contributed by atoms with Gasteiger partial charge in [-0.05, 0) is 40.7 Å². The third-order valence-electron chi connectivity index (χ3n) is 4.45. The molecule has 11 nitrogen and oxygen atoms in total. The van der Waals surface area contributed by atoms with Crippen molar-refractivity contribution in [1.29, 1.82) is 0 Å². The fraction of sp³-hybridized carbons (Fsp3) is 0.611. The average molecular weight is 437 g/mol. The number of aryl methyl sites for hydroxylation is 2. The number of hydrogen-bond acceptors (Lipinski definition) is 8. The summed E-state index contributed by atoms with van der Waals surface area (Å²) >= 11 is 1.22. The van der Waals surface area contributed by atoms with Crippen molar-refractivity contribution in [3.05, 3.63) is 17.5 Å². The molecule has 1 saturated heterocycles. The summed E-state index contributed by atoms with van der Waals surface area (Å²) in [5.41, 5.74) is 1.21. The Labute approximate surface area is 179 Å². The normalized spacial score (nSPS) is 14.8. The molecular weight excluding hydrogens is 408 g/mol. The molecule has 2 N–H and O–H groups in total. The Hall–Kier alpha value is -2.76. The number of thioether (sulfide) groups is 1. The van der Waals surface area contributed by atoms with E-state index in [2.05, 4.69) is 15.3 Å². The topological polar surface area (TPSA) is 124 Å². The van der Waals surface area contributed by atoms with Crippen LogP contribution in [-0.4, -0.2) is 84.0 Å². The third kappa shape index (κ3) is 5.04. The van der Waals surface area contributed by atoms with Gasteiger partial charge in [0, 0.05) is 31.9 Å². The van der Waals surface area contributed by atoms with E-state index in [1.165, 1.54) is 16.4 Å². The van der Waals surface area contributed by atoms with Gasteiger partial charge < -0.3 is 20.4 Å². The summed E-state index contributed by atoms with van der Waals surface area (Å²) in [7, 11) is 0. The van der Waals surface area contributed by atoms with Gasteiger partial charge in [0.25, 0.3) is 5.95 Å². The van der Waals surface area contributed by atoms with Crippen LogP contribution in [0.2, 0.25) is 0 Å². The van der Waals surface area contributed by atoms with Crippen LogP contribution in [0.1, 0.15) is 32.2 Å². The number of carbonyl (C=O) groups is 2. The van der Waals surface area contributed by atoms with Crippen molar-refractivity contribution >= 4 is 23.8 Å². The van der Waals surface area contributed by atoms with E-state index in [9.17, 15) is 9.59 Å². The van der Waals surface area contributed by atoms with Gasteiger partial charge in [-0.2, -0.15) is 5.10 Å². The second-order valence-electron chi connectivity index (χ2n) is 8.13. The number of rotatable bonds is 4. The molecule has 0 unspecified atom stereocenters. The molecule has 0 saturated carbocycles. The molecule has 0 aromatic carbocycles. The van der Waals surface area contributed by atoms with Crippen LogP contribution in [-0.2, 0) is 9.53 Å². The van der Waals surface area contributed by atoms with E-state index in [0.29, 0.717) is 37.3 Å². The average Bonchev–Trinajstić information content (AvgIpc) is 3.19. The molecular formula is C18H28N8O3S. The minimum absolute atomic E-state index is 0.0421. The predicted molar refractivity (Wildman–Crippen MR) is 112 cm³/mol. The van der Waals surface area contributed by atoms with Gasteiger partial charge in [-0.15, -0.1) is 10.2 Å². The quantitative estimate of drug-likeness (QED) is 0.555. The Morgan fingerprint density at radius 2 is 1.77 bits per heavy atom. The molecule has 1 aliphatic heterocycles. The van der Waals surface area contributed by atoms with Crippen LogP contribution >= 0.6 is 11.8 Å². The highest BCUT2D eigenvalue weighted by molar-refractivity contribution is 7.99. The highest BCUT2D eigenvalue weighted by Crippen LogP contribution is 2.19. The maximum absolute atomic E-state index is 12.6. The van der Waals surface area contributed by atoms with Crippen LogP contribution < -0.4 is 5.84 Å². The Morgan fingerprint density at radius 1 is 1.13 bits per heavy atom. The number of nitrogens with zero attached hydrogens (tertiary/aromatic N) is 7. The molecule has 164 valence electrons. The molecule has 0 radical (unpaired) electrons. The number of carbonyl (C=O) groups excluding carboxylic acids is 2. The molecule has 1 aliphatic rings. The Kier molecular flexibility index (Phi) is 6.25. The first-order chi connectivity index (χ1) is 14.0. The van der Waals surface area contributed by atoms with E-state index in [1.807, 2.05) is 40.7 Å². The maximum atomic E-state index is 12.6. The smallest absolute Gasteiger partial charge is 0.410 e. The number of aromatic nitrogens is 5. The van der Waals surface area contributed by atoms with Crippen LogP contribution in [0.15, 0.2) is 11.2 Å². The molecule has 0 bridgehead atoms. The number of ether oxygens (including phenoxy) is 1. The van der Waals surface area contributed by atoms with Crippen LogP contribution in [0.25, 0.3) is 5.95 Å². The number of amides is 2. The Bertz CT molecular complexity index is 924. The van der Waals surface area contributed by atoms with E-state index in [0.717, 1.165) is 11.4 Å². The largest absolute Gasteiger partial charge is 0.444 e. The first-order valence-electron chi connectivity index (χ1n) is 9.68. The van der Waals surface area contributed by atoms with E-state index in [-0.39, 0.29) is 17.8 Å². The first-order valence-corrected chi connectivity index (χ1v) is 10.7. The SMILES string of the molecule is Cc1cc(C)n(-c2nnc(SCC(=O)N3CCN(C(=O)OC(C)(C)C)CC3)n2N)n1. The molecule has 3 rings (SSSR count). The lowest BCUT2D eigenvalue weighted by Crippen LogP contribution is -2.52. The first kappa shape index (κ1) is 21.9. The maximum Gasteiger partial charge on any atom is 0.410 e. The zero-order valence-corrected chi connectivity index (χ0v) is 18.8. The van der Waals surface area contributed by atoms with Crippen molar-refractivity contribution in [2.75, 3.05) is 37.8 Å². The Balaban J connectivity index is 1.52. The second-order valence-corrected chi connectivity index (χ2v) is 9.07. The van der Waals surface area contributed by atoms with Crippen LogP contribution in [0.4, 0.5) is 4.79 Å². The van der Waals surface area contributed by atoms with E-state index < -0.39 is 5.60 Å². The molecule has 2 aromatic rings. The van der Waals surface area contributed by atoms with E-state index in [1.54, 1.807) is 14.5 Å². The third-order valence-corrected chi connectivity index (χ3v) is 5.38. The molecule has 2 amide bonds. The molecule has 2 aromatic heterocycles. The summed E-state index contributed by atoms with van der Waals surface area (Å²) in [6.45, 7) is 11.1. The van der Waals surface area contributed by atoms with E-state index >= 15 is 0 Å². The van der Waals surface area contributed by atoms with Crippen LogP contribution in [0.3, 0.4) is 0 Å². The van der Waals surface area contributed by atoms with Crippen molar-refractivity contribution in [3.8, 4) is 5.95 Å². The molecule has 12 heteroatoms. The Morgan fingerprint density at radius 3 is 2.33 bits per heavy atom. The highest BCUT2D eigenvalue weighted by Gasteiger charge is 2.28. The zero-order chi connectivity index (χ0) is 22.1. The van der Waals surface area contributed by atoms with Crippen LogP contribution in [0, 0.1) is 13.8 Å². The highest BCUT2D eigenvalue weighted by atomic mass is 32.2. The summed E-state index contributed by atoms with van der Waals surface area (Å²) in [6, 6.07) is 1.92. The minimum atomic E-state index is -0.537. The van der Waals surface area contributed by atoms with Gasteiger partial charge in [0.2, 0.25) is 11.1 Å². The van der Waals surface area contributed by atoms with Gasteiger partial charge >= 0.3 is 6.09 Å². The minimum Gasteiger partial charge on any atom is -0.444 e. The van der Waals surface area contributed by atoms with Crippen LogP contribution in [0.5, 0.6) is 0 Å². The zero-order valence-electron chi connectivity index (χ0n) is 18.0. The second kappa shape index (κ2) is 8.54. The molecule has 3 heterocycles. The summed E-state index contributed by atoms with van der Waals surface area (Å²) < 4.78 is 8.33. The van der Waals surface area contributed by atoms with Gasteiger partial charge in [-0.3, -0.25) is 4.79 Å². The number of hydrogen-bond donors (Lipinski definition) is 1. The number of nitrogens with two attached hydrogens (primary N) is 1. The standard InChI is InChI=1S/C18H28N8O3S/c1-12-10-13(2)26(22-12)15-20-21-16(25(15)19)30-11-14(27)23-6-8-24(9-7-23)17(28)29-18(3,4)5/h10H,6-9,11,19H2,1-5H3. The van der Waals surface area contributed by atoms with Gasteiger partial charge in [-0.1, -0.05) is 11.8 Å². The summed E-state index contributed by atoms with van der Waals surface area (Å²) in [5.74, 6) is 6.63. The van der Waals surface area contributed by atoms with E-state index in [4.69, 9.17) is 10.6 Å². The van der Waals surface area contributed by atoms with Gasteiger partial charge in [-0.25, -0.2) is 14.2 Å². The fourth-order valence-electron chi connectivity index (χ4n) is 3.03. The lowest BCUT2D eigenvalue weighted by Gasteiger charge is -2.35. The van der Waals surface area contributed by atoms with Crippen molar-refractivity contribution < 1.29 is 14.3 Å². The lowest BCUT2D eigenvalue weighted by atomic mass is 10.2. The lowest BCUT2D eigenvalue weighted by molar-refractivity contribution is -0.130. The number of nitrogen functional groups attached to an aromatic ring is 1. The van der Waals surface area contributed by atoms with Gasteiger partial charge in [0.05, 0.1) is 11.4 Å². The number of piperazine rings is 1. The molecule has 0 spiro atoms. The van der Waals surface area contributed by atoms with Crippen molar-refractivity contribution in [1.82, 2.24) is 34.5 Å². The van der Waals surface area contributed by atoms with Crippen molar-refractivity contribution in [3.63, 3.8) is 0 Å². The van der Waals surface area contributed by atoms with Gasteiger partial charge in [0.15, 0.2) is 0 Å². The summed E-state index contributed by atoms with van der Waals surface area (Å²) in [6.07, 6.45) is -0.350. The molecule has 1 fully saturated rings. The predicted octanol–water partition coefficient (Wildman–Crippen LogP) is 0.966. The molecule has 0 atom stereocenters. The molecule has 30 heavy (non-hydrogen) atoms.